The summed E-state index contributed by atoms with van der Waals surface area (Å²) in [5, 5.41) is 1.06. The van der Waals surface area contributed by atoms with E-state index < -0.39 is 17.7 Å². The van der Waals surface area contributed by atoms with Gasteiger partial charge in [-0.15, -0.1) is 0 Å². The number of ketones is 1. The number of hydrogen-bond acceptors (Lipinski definition) is 3. The molecule has 4 nitrogen and oxygen atoms in total. The van der Waals surface area contributed by atoms with E-state index in [1.165, 1.54) is 13.2 Å². The lowest BCUT2D eigenvalue weighted by molar-refractivity contribution is -0.137. The number of methoxy groups -OCH3 is 1. The largest absolute Gasteiger partial charge is 0.465 e. The summed E-state index contributed by atoms with van der Waals surface area (Å²) in [4.78, 5) is 26.1. The number of halogens is 4. The first-order valence-corrected chi connectivity index (χ1v) is 11.7. The minimum Gasteiger partial charge on any atom is -0.465 e. The summed E-state index contributed by atoms with van der Waals surface area (Å²) in [6.07, 6.45) is -3.74. The summed E-state index contributed by atoms with van der Waals surface area (Å²) >= 11 is 6.04. The van der Waals surface area contributed by atoms with Crippen LogP contribution in [-0.4, -0.2) is 23.4 Å². The van der Waals surface area contributed by atoms with Gasteiger partial charge in [0.25, 0.3) is 0 Å². The van der Waals surface area contributed by atoms with Gasteiger partial charge < -0.3 is 9.30 Å². The zero-order valence-electron chi connectivity index (χ0n) is 19.2. The molecule has 0 radical (unpaired) electrons. The number of alkyl halides is 3. The molecule has 0 spiro atoms. The van der Waals surface area contributed by atoms with Crippen LogP contribution in [0.1, 0.15) is 55.4 Å². The number of hydrogen-bond donors (Lipinski definition) is 0. The normalized spacial score (nSPS) is 15.7. The predicted molar refractivity (Wildman–Crippen MR) is 131 cm³/mol. The van der Waals surface area contributed by atoms with Crippen molar-refractivity contribution in [3.05, 3.63) is 105 Å². The molecule has 1 atom stereocenters. The molecule has 1 unspecified atom stereocenters. The van der Waals surface area contributed by atoms with Gasteiger partial charge in [-0.2, -0.15) is 13.2 Å². The maximum atomic E-state index is 13.5. The van der Waals surface area contributed by atoms with E-state index in [2.05, 4.69) is 0 Å². The first-order chi connectivity index (χ1) is 17.2. The van der Waals surface area contributed by atoms with E-state index in [4.69, 9.17) is 16.3 Å². The van der Waals surface area contributed by atoms with E-state index in [0.29, 0.717) is 39.2 Å². The SMILES string of the molecule is COC(=O)c1cccc2c1c1c(n2Cc2cccc(C(F)(F)F)c2)CC(c2ccc(Cl)cc2)CC1=O. The molecule has 0 saturated heterocycles. The van der Waals surface area contributed by atoms with Crippen LogP contribution in [0, 0.1) is 0 Å². The van der Waals surface area contributed by atoms with Crippen LogP contribution >= 0.6 is 11.6 Å². The van der Waals surface area contributed by atoms with Gasteiger partial charge in [-0.1, -0.05) is 41.9 Å². The molecule has 1 aliphatic rings. The lowest BCUT2D eigenvalue weighted by Gasteiger charge is -2.24. The first kappa shape index (κ1) is 24.1. The van der Waals surface area contributed by atoms with Crippen molar-refractivity contribution >= 4 is 34.3 Å². The van der Waals surface area contributed by atoms with Gasteiger partial charge in [0.05, 0.1) is 23.8 Å². The molecule has 0 fully saturated rings. The molecule has 0 bridgehead atoms. The van der Waals surface area contributed by atoms with Crippen molar-refractivity contribution in [1.82, 2.24) is 4.57 Å². The third-order valence-corrected chi connectivity index (χ3v) is 6.94. The molecule has 36 heavy (non-hydrogen) atoms. The number of nitrogens with zero attached hydrogens (tertiary/aromatic N) is 1. The molecular formula is C28H21ClF3NO3. The van der Waals surface area contributed by atoms with Gasteiger partial charge in [0, 0.05) is 34.6 Å². The minimum atomic E-state index is -4.47. The Kier molecular flexibility index (Phi) is 6.12. The van der Waals surface area contributed by atoms with Gasteiger partial charge in [-0.25, -0.2) is 4.79 Å². The van der Waals surface area contributed by atoms with E-state index >= 15 is 0 Å². The van der Waals surface area contributed by atoms with E-state index in [0.717, 1.165) is 17.7 Å². The fraction of sp³-hybridized carbons (Fsp3) is 0.214. The van der Waals surface area contributed by atoms with Crippen LogP contribution in [0.15, 0.2) is 66.7 Å². The topological polar surface area (TPSA) is 48.3 Å². The zero-order chi connectivity index (χ0) is 25.6. The molecule has 3 aromatic carbocycles. The maximum absolute atomic E-state index is 13.5. The fourth-order valence-electron chi connectivity index (χ4n) is 5.06. The van der Waals surface area contributed by atoms with Crippen LogP contribution in [0.2, 0.25) is 5.02 Å². The molecule has 184 valence electrons. The highest BCUT2D eigenvalue weighted by Gasteiger charge is 2.34. The number of aromatic nitrogens is 1. The molecule has 0 saturated carbocycles. The van der Waals surface area contributed by atoms with Crippen LogP contribution in [0.5, 0.6) is 0 Å². The van der Waals surface area contributed by atoms with Crippen LogP contribution in [0.25, 0.3) is 10.9 Å². The number of ether oxygens (including phenoxy) is 1. The quantitative estimate of drug-likeness (QED) is 0.275. The van der Waals surface area contributed by atoms with E-state index in [9.17, 15) is 22.8 Å². The Labute approximate surface area is 210 Å². The Bertz CT molecular complexity index is 1490. The molecular weight excluding hydrogens is 491 g/mol. The highest BCUT2D eigenvalue weighted by atomic mass is 35.5. The van der Waals surface area contributed by atoms with Crippen LogP contribution < -0.4 is 0 Å². The number of carbonyl (C=O) groups is 2. The molecule has 1 aromatic heterocycles. The van der Waals surface area contributed by atoms with E-state index in [-0.39, 0.29) is 30.2 Å². The van der Waals surface area contributed by atoms with Crippen LogP contribution in [-0.2, 0) is 23.9 Å². The molecule has 0 aliphatic heterocycles. The smallest absolute Gasteiger partial charge is 0.416 e. The molecule has 0 amide bonds. The second-order valence-electron chi connectivity index (χ2n) is 8.88. The van der Waals surface area contributed by atoms with Gasteiger partial charge in [-0.3, -0.25) is 4.79 Å². The Morgan fingerprint density at radius 3 is 2.47 bits per heavy atom. The highest BCUT2D eigenvalue weighted by Crippen LogP contribution is 2.40. The maximum Gasteiger partial charge on any atom is 0.416 e. The molecule has 8 heteroatoms. The van der Waals surface area contributed by atoms with Crippen molar-refractivity contribution in [1.29, 1.82) is 0 Å². The van der Waals surface area contributed by atoms with Crippen molar-refractivity contribution in [3.63, 3.8) is 0 Å². The van der Waals surface area contributed by atoms with E-state index in [1.807, 2.05) is 16.7 Å². The summed E-state index contributed by atoms with van der Waals surface area (Å²) in [6, 6.07) is 17.5. The zero-order valence-corrected chi connectivity index (χ0v) is 20.0. The van der Waals surface area contributed by atoms with Gasteiger partial charge in [0.1, 0.15) is 0 Å². The minimum absolute atomic E-state index is 0.112. The van der Waals surface area contributed by atoms with Crippen molar-refractivity contribution in [2.24, 2.45) is 0 Å². The summed E-state index contributed by atoms with van der Waals surface area (Å²) in [6.45, 7) is 0.112. The Hall–Kier alpha value is -3.58. The number of fused-ring (bicyclic) bond motifs is 3. The number of esters is 1. The summed E-state index contributed by atoms with van der Waals surface area (Å²) in [5.74, 6) is -0.832. The summed E-state index contributed by atoms with van der Waals surface area (Å²) in [5.41, 5.74) is 2.63. The first-order valence-electron chi connectivity index (χ1n) is 11.3. The van der Waals surface area contributed by atoms with E-state index in [1.54, 1.807) is 36.4 Å². The Morgan fingerprint density at radius 1 is 1.06 bits per heavy atom. The third kappa shape index (κ3) is 4.28. The molecule has 0 N–H and O–H groups in total. The van der Waals surface area contributed by atoms with Gasteiger partial charge in [-0.05, 0) is 59.9 Å². The average molecular weight is 512 g/mol. The van der Waals surface area contributed by atoms with Crippen molar-refractivity contribution < 1.29 is 27.5 Å². The molecule has 1 aliphatic carbocycles. The van der Waals surface area contributed by atoms with Crippen molar-refractivity contribution in [3.8, 4) is 0 Å². The van der Waals surface area contributed by atoms with Gasteiger partial charge >= 0.3 is 12.1 Å². The summed E-state index contributed by atoms with van der Waals surface area (Å²) < 4.78 is 46.9. The Balaban J connectivity index is 1.69. The lowest BCUT2D eigenvalue weighted by Crippen LogP contribution is -2.21. The number of benzene rings is 3. The number of carbonyl (C=O) groups excluding carboxylic acids is 2. The second-order valence-corrected chi connectivity index (χ2v) is 9.31. The Morgan fingerprint density at radius 2 is 1.78 bits per heavy atom. The predicted octanol–water partition coefficient (Wildman–Crippen LogP) is 7.06. The highest BCUT2D eigenvalue weighted by molar-refractivity contribution is 6.30. The molecule has 1 heterocycles. The van der Waals surface area contributed by atoms with Crippen LogP contribution in [0.3, 0.4) is 0 Å². The van der Waals surface area contributed by atoms with Crippen molar-refractivity contribution in [2.45, 2.75) is 31.5 Å². The fourth-order valence-corrected chi connectivity index (χ4v) is 5.18. The lowest BCUT2D eigenvalue weighted by atomic mass is 9.81. The van der Waals surface area contributed by atoms with Crippen LogP contribution in [0.4, 0.5) is 13.2 Å². The average Bonchev–Trinajstić information content (AvgIpc) is 3.17. The monoisotopic (exact) mass is 511 g/mol. The molecule has 4 aromatic rings. The molecule has 5 rings (SSSR count). The number of Topliss-reactive ketones (excluding diaryl/α,β-unsaturated/α-hetero) is 1. The standard InChI is InChI=1S/C28H21ClF3NO3/c1-36-27(35)21-6-3-7-22-25(21)26-23(13-18(14-24(26)34)17-8-10-20(29)11-9-17)33(22)15-16-4-2-5-19(12-16)28(30,31)32/h2-12,18H,13-15H2,1H3. The number of rotatable bonds is 4. The van der Waals surface area contributed by atoms with Crippen molar-refractivity contribution in [2.75, 3.05) is 7.11 Å². The second kappa shape index (κ2) is 9.13. The van der Waals surface area contributed by atoms with Gasteiger partial charge in [0.2, 0.25) is 0 Å². The van der Waals surface area contributed by atoms with Gasteiger partial charge in [0.15, 0.2) is 5.78 Å². The summed E-state index contributed by atoms with van der Waals surface area (Å²) in [7, 11) is 1.27. The third-order valence-electron chi connectivity index (χ3n) is 6.69.